The van der Waals surface area contributed by atoms with E-state index in [1.807, 2.05) is 24.3 Å². The first-order valence-electron chi connectivity index (χ1n) is 10.1. The van der Waals surface area contributed by atoms with E-state index in [1.165, 1.54) is 0 Å². The van der Waals surface area contributed by atoms with Crippen LogP contribution < -0.4 is 14.8 Å². The van der Waals surface area contributed by atoms with Gasteiger partial charge in [-0.1, -0.05) is 0 Å². The quantitative estimate of drug-likeness (QED) is 0.362. The number of hydrogen-bond donors (Lipinski definition) is 1. The summed E-state index contributed by atoms with van der Waals surface area (Å²) in [6.07, 6.45) is 1.61. The third kappa shape index (κ3) is 4.59. The van der Waals surface area contributed by atoms with Crippen LogP contribution >= 0.6 is 0 Å². The molecule has 0 saturated heterocycles. The Balaban J connectivity index is 1.60. The Morgan fingerprint density at radius 3 is 2.72 bits per heavy atom. The average Bonchev–Trinajstić information content (AvgIpc) is 3.23. The van der Waals surface area contributed by atoms with Gasteiger partial charge in [-0.2, -0.15) is 5.26 Å². The van der Waals surface area contributed by atoms with Crippen LogP contribution in [0.4, 0.5) is 11.5 Å². The van der Waals surface area contributed by atoms with Gasteiger partial charge in [0.1, 0.15) is 18.5 Å². The van der Waals surface area contributed by atoms with E-state index in [2.05, 4.69) is 16.4 Å². The highest BCUT2D eigenvalue weighted by atomic mass is 16.5. The number of anilines is 2. The largest absolute Gasteiger partial charge is 0.493 e. The van der Waals surface area contributed by atoms with Gasteiger partial charge in [0.25, 0.3) is 0 Å². The minimum Gasteiger partial charge on any atom is -0.493 e. The number of ether oxygens (including phenoxy) is 4. The van der Waals surface area contributed by atoms with Gasteiger partial charge < -0.3 is 28.7 Å². The number of methoxy groups -OCH3 is 2. The van der Waals surface area contributed by atoms with Crippen LogP contribution in [0.2, 0.25) is 0 Å². The highest BCUT2D eigenvalue weighted by Gasteiger charge is 2.16. The monoisotopic (exact) mass is 433 g/mol. The molecule has 1 aromatic heterocycles. The lowest BCUT2D eigenvalue weighted by Gasteiger charge is -2.14. The van der Waals surface area contributed by atoms with Crippen LogP contribution in [0, 0.1) is 11.3 Å². The predicted octanol–water partition coefficient (Wildman–Crippen LogP) is 4.60. The van der Waals surface area contributed by atoms with E-state index in [0.717, 1.165) is 16.6 Å². The molecule has 164 valence electrons. The lowest BCUT2D eigenvalue weighted by molar-refractivity contribution is 0.0540. The number of benzene rings is 1. The Morgan fingerprint density at radius 1 is 1.03 bits per heavy atom. The van der Waals surface area contributed by atoms with Crippen LogP contribution in [0.3, 0.4) is 0 Å². The van der Waals surface area contributed by atoms with E-state index in [4.69, 9.17) is 23.4 Å². The summed E-state index contributed by atoms with van der Waals surface area (Å²) < 4.78 is 27.3. The van der Waals surface area contributed by atoms with Crippen molar-refractivity contribution < 1.29 is 23.4 Å². The van der Waals surface area contributed by atoms with Crippen LogP contribution in [-0.4, -0.2) is 45.6 Å². The highest BCUT2D eigenvalue weighted by molar-refractivity contribution is 5.88. The number of nitriles is 1. The van der Waals surface area contributed by atoms with Gasteiger partial charge in [-0.25, -0.2) is 4.98 Å². The molecule has 4 rings (SSSR count). The fraction of sp³-hybridized carbons (Fsp3) is 0.250. The molecule has 0 bridgehead atoms. The number of nitrogens with one attached hydrogen (secondary N) is 1. The standard InChI is InChI=1S/C24H23N3O5/c1-28-8-9-30-10-11-31-22-14-20-17(13-21(22)29-2)12-18(15-25)24(27-20)26-19-6-5-16-4-3-7-32-23(16)19/h3-7,12-14H,8-11H2,1-2H3,(H,26,27). The van der Waals surface area contributed by atoms with Crippen LogP contribution in [0.5, 0.6) is 11.5 Å². The number of pyridine rings is 1. The molecule has 2 heterocycles. The third-order valence-corrected chi connectivity index (χ3v) is 4.87. The zero-order chi connectivity index (χ0) is 22.3. The smallest absolute Gasteiger partial charge is 0.163 e. The van der Waals surface area contributed by atoms with Crippen molar-refractivity contribution in [2.75, 3.05) is 46.0 Å². The van der Waals surface area contributed by atoms with Crippen molar-refractivity contribution in [1.82, 2.24) is 4.98 Å². The topological polar surface area (TPSA) is 98.8 Å². The van der Waals surface area contributed by atoms with Crippen LogP contribution in [0.15, 0.2) is 53.1 Å². The second-order valence-electron chi connectivity index (χ2n) is 6.92. The van der Waals surface area contributed by atoms with E-state index in [-0.39, 0.29) is 0 Å². The maximum atomic E-state index is 9.67. The molecule has 0 saturated carbocycles. The van der Waals surface area contributed by atoms with Gasteiger partial charge in [0.2, 0.25) is 0 Å². The molecule has 1 aromatic carbocycles. The number of hydrogen-bond acceptors (Lipinski definition) is 8. The molecule has 0 fully saturated rings. The molecule has 0 unspecified atom stereocenters. The van der Waals surface area contributed by atoms with Gasteiger partial charge in [0, 0.05) is 24.1 Å². The van der Waals surface area contributed by atoms with Crippen molar-refractivity contribution in [1.29, 1.82) is 5.26 Å². The molecular formula is C24H23N3O5. The van der Waals surface area contributed by atoms with Crippen LogP contribution in [-0.2, 0) is 9.47 Å². The van der Waals surface area contributed by atoms with E-state index >= 15 is 0 Å². The fourth-order valence-corrected chi connectivity index (χ4v) is 3.31. The summed E-state index contributed by atoms with van der Waals surface area (Å²) in [6, 6.07) is 15.2. The molecule has 0 radical (unpaired) electrons. The average molecular weight is 433 g/mol. The van der Waals surface area contributed by atoms with Gasteiger partial charge in [0.05, 0.1) is 50.0 Å². The minimum atomic E-state index is 0.355. The molecule has 2 aliphatic rings. The normalized spacial score (nSPS) is 10.9. The second kappa shape index (κ2) is 10.0. The molecular weight excluding hydrogens is 410 g/mol. The molecule has 2 aromatic rings. The SMILES string of the molecule is COCCOCCOc1cc2nc(Nc3ccc4cccoc3-4)c(C#N)cc2cc1OC. The van der Waals surface area contributed by atoms with Crippen molar-refractivity contribution >= 4 is 22.4 Å². The van der Waals surface area contributed by atoms with E-state index in [1.54, 1.807) is 38.7 Å². The Kier molecular flexibility index (Phi) is 6.70. The molecule has 1 N–H and O–H groups in total. The van der Waals surface area contributed by atoms with Crippen molar-refractivity contribution in [3.05, 3.63) is 54.3 Å². The lowest BCUT2D eigenvalue weighted by Crippen LogP contribution is -2.10. The van der Waals surface area contributed by atoms with Crippen molar-refractivity contribution in [2.45, 2.75) is 0 Å². The van der Waals surface area contributed by atoms with Crippen molar-refractivity contribution in [3.8, 4) is 28.9 Å². The molecule has 0 atom stereocenters. The number of aromatic nitrogens is 1. The van der Waals surface area contributed by atoms with Gasteiger partial charge in [-0.05, 0) is 36.4 Å². The maximum absolute atomic E-state index is 9.67. The Hall–Kier alpha value is -3.80. The summed E-state index contributed by atoms with van der Waals surface area (Å²) in [5.41, 5.74) is 2.77. The Labute approximate surface area is 185 Å². The first-order chi connectivity index (χ1) is 15.7. The molecule has 1 aliphatic carbocycles. The summed E-state index contributed by atoms with van der Waals surface area (Å²) >= 11 is 0. The minimum absolute atomic E-state index is 0.355. The molecule has 0 amide bonds. The number of fused-ring (bicyclic) bond motifs is 2. The van der Waals surface area contributed by atoms with Crippen LogP contribution in [0.25, 0.3) is 22.2 Å². The molecule has 0 spiro atoms. The third-order valence-electron chi connectivity index (χ3n) is 4.87. The molecule has 8 nitrogen and oxygen atoms in total. The Morgan fingerprint density at radius 2 is 1.91 bits per heavy atom. The highest BCUT2D eigenvalue weighted by Crippen LogP contribution is 2.36. The molecule has 32 heavy (non-hydrogen) atoms. The summed E-state index contributed by atoms with van der Waals surface area (Å²) in [7, 11) is 3.20. The first-order valence-corrected chi connectivity index (χ1v) is 10.1. The number of nitrogens with zero attached hydrogens (tertiary/aromatic N) is 2. The zero-order valence-corrected chi connectivity index (χ0v) is 17.9. The van der Waals surface area contributed by atoms with E-state index in [0.29, 0.717) is 60.6 Å². The lowest BCUT2D eigenvalue weighted by atomic mass is 10.1. The van der Waals surface area contributed by atoms with Crippen LogP contribution in [0.1, 0.15) is 5.56 Å². The Bertz CT molecular complexity index is 1210. The zero-order valence-electron chi connectivity index (χ0n) is 17.9. The van der Waals surface area contributed by atoms with Gasteiger partial charge >= 0.3 is 0 Å². The summed E-state index contributed by atoms with van der Waals surface area (Å²) in [5, 5.41) is 13.7. The van der Waals surface area contributed by atoms with Crippen molar-refractivity contribution in [2.24, 2.45) is 0 Å². The summed E-state index contributed by atoms with van der Waals surface area (Å²) in [4.78, 5) is 4.67. The van der Waals surface area contributed by atoms with Gasteiger partial charge in [-0.15, -0.1) is 0 Å². The number of rotatable bonds is 10. The summed E-state index contributed by atoms with van der Waals surface area (Å²) in [6.45, 7) is 1.82. The first kappa shape index (κ1) is 21.4. The molecule has 8 heteroatoms. The predicted molar refractivity (Wildman–Crippen MR) is 120 cm³/mol. The van der Waals surface area contributed by atoms with E-state index in [9.17, 15) is 5.26 Å². The molecule has 1 aliphatic heterocycles. The fourth-order valence-electron chi connectivity index (χ4n) is 3.31. The second-order valence-corrected chi connectivity index (χ2v) is 6.92. The maximum Gasteiger partial charge on any atom is 0.163 e. The van der Waals surface area contributed by atoms with Gasteiger partial charge in [-0.3, -0.25) is 0 Å². The van der Waals surface area contributed by atoms with Gasteiger partial charge in [0.15, 0.2) is 17.3 Å². The van der Waals surface area contributed by atoms with E-state index < -0.39 is 0 Å². The van der Waals surface area contributed by atoms with Crippen molar-refractivity contribution in [3.63, 3.8) is 0 Å². The summed E-state index contributed by atoms with van der Waals surface area (Å²) in [5.74, 6) is 2.24.